The number of rotatable bonds is 4. The van der Waals surface area contributed by atoms with Crippen LogP contribution in [0.1, 0.15) is 22.3 Å². The molecule has 0 unspecified atom stereocenters. The second-order valence-corrected chi connectivity index (χ2v) is 5.95. The van der Waals surface area contributed by atoms with Crippen LogP contribution >= 0.6 is 0 Å². The molecule has 2 aromatic carbocycles. The molecule has 3 rings (SSSR count). The van der Waals surface area contributed by atoms with Crippen LogP contribution in [-0.2, 0) is 0 Å². The summed E-state index contributed by atoms with van der Waals surface area (Å²) in [5.41, 5.74) is 6.69. The van der Waals surface area contributed by atoms with Gasteiger partial charge in [-0.3, -0.25) is 0 Å². The Labute approximate surface area is 142 Å². The van der Waals surface area contributed by atoms with Crippen molar-refractivity contribution in [3.8, 4) is 0 Å². The van der Waals surface area contributed by atoms with Crippen molar-refractivity contribution >= 4 is 23.1 Å². The zero-order valence-electron chi connectivity index (χ0n) is 14.4. The molecule has 5 nitrogen and oxygen atoms in total. The molecule has 0 bridgehead atoms. The molecule has 3 aromatic rings. The predicted molar refractivity (Wildman–Crippen MR) is 98.2 cm³/mol. The average molecular weight is 319 g/mol. The Bertz CT molecular complexity index is 764. The molecule has 0 aliphatic rings. The van der Waals surface area contributed by atoms with Crippen LogP contribution in [0.5, 0.6) is 0 Å². The van der Waals surface area contributed by atoms with Gasteiger partial charge in [-0.2, -0.15) is 10.1 Å². The summed E-state index contributed by atoms with van der Waals surface area (Å²) in [7, 11) is 0. The first kappa shape index (κ1) is 15.9. The van der Waals surface area contributed by atoms with Gasteiger partial charge in [-0.15, -0.1) is 5.10 Å². The van der Waals surface area contributed by atoms with Gasteiger partial charge in [-0.1, -0.05) is 36.4 Å². The molecule has 122 valence electrons. The van der Waals surface area contributed by atoms with Crippen LogP contribution in [-0.4, -0.2) is 15.2 Å². The number of aromatic nitrogens is 3. The average Bonchev–Trinajstić information content (AvgIpc) is 2.55. The van der Waals surface area contributed by atoms with Gasteiger partial charge in [0, 0.05) is 11.4 Å². The highest BCUT2D eigenvalue weighted by Gasteiger charge is 2.08. The molecule has 2 N–H and O–H groups in total. The third-order valence-electron chi connectivity index (χ3n) is 4.01. The zero-order chi connectivity index (χ0) is 17.1. The molecule has 0 spiro atoms. The maximum absolute atomic E-state index is 4.53. The highest BCUT2D eigenvalue weighted by Crippen LogP contribution is 2.25. The topological polar surface area (TPSA) is 62.7 Å². The van der Waals surface area contributed by atoms with Crippen LogP contribution < -0.4 is 10.6 Å². The van der Waals surface area contributed by atoms with Gasteiger partial charge in [0.1, 0.15) is 0 Å². The second kappa shape index (κ2) is 6.66. The first-order valence-corrected chi connectivity index (χ1v) is 7.91. The van der Waals surface area contributed by atoms with E-state index in [2.05, 4.69) is 77.8 Å². The van der Waals surface area contributed by atoms with Crippen molar-refractivity contribution in [3.05, 3.63) is 64.8 Å². The largest absolute Gasteiger partial charge is 0.338 e. The standard InChI is InChI=1S/C19H21N5/c1-12-7-5-8-13(2)17(12)21-16-11-20-24-19(22-16)23-18-14(3)9-6-10-15(18)4/h5-11H,1-4H3,(H2,21,22,23,24). The Hall–Kier alpha value is -2.95. The monoisotopic (exact) mass is 319 g/mol. The molecular weight excluding hydrogens is 298 g/mol. The van der Waals surface area contributed by atoms with Gasteiger partial charge in [0.2, 0.25) is 5.95 Å². The number of anilines is 4. The Morgan fingerprint density at radius 3 is 1.75 bits per heavy atom. The van der Waals surface area contributed by atoms with E-state index in [1.165, 1.54) is 0 Å². The van der Waals surface area contributed by atoms with Crippen molar-refractivity contribution in [2.45, 2.75) is 27.7 Å². The SMILES string of the molecule is Cc1cccc(C)c1Nc1cnnc(Nc2c(C)cccc2C)n1. The highest BCUT2D eigenvalue weighted by atomic mass is 15.3. The third-order valence-corrected chi connectivity index (χ3v) is 4.01. The number of hydrogen-bond donors (Lipinski definition) is 2. The molecule has 0 saturated heterocycles. The van der Waals surface area contributed by atoms with Gasteiger partial charge in [-0.25, -0.2) is 0 Å². The molecule has 1 heterocycles. The molecule has 0 radical (unpaired) electrons. The van der Waals surface area contributed by atoms with Crippen LogP contribution in [0, 0.1) is 27.7 Å². The van der Waals surface area contributed by atoms with Crippen LogP contribution in [0.25, 0.3) is 0 Å². The number of nitrogens with one attached hydrogen (secondary N) is 2. The van der Waals surface area contributed by atoms with Gasteiger partial charge in [-0.05, 0) is 49.9 Å². The van der Waals surface area contributed by atoms with E-state index < -0.39 is 0 Å². The smallest absolute Gasteiger partial charge is 0.249 e. The minimum Gasteiger partial charge on any atom is -0.338 e. The maximum atomic E-state index is 4.53. The summed E-state index contributed by atoms with van der Waals surface area (Å²) < 4.78 is 0. The Morgan fingerprint density at radius 1 is 0.708 bits per heavy atom. The molecule has 0 aliphatic heterocycles. The second-order valence-electron chi connectivity index (χ2n) is 5.95. The fraction of sp³-hybridized carbons (Fsp3) is 0.211. The Kier molecular flexibility index (Phi) is 4.42. The summed E-state index contributed by atoms with van der Waals surface area (Å²) in [6.45, 7) is 8.25. The number of nitrogens with zero attached hydrogens (tertiary/aromatic N) is 3. The van der Waals surface area contributed by atoms with E-state index in [0.717, 1.165) is 33.6 Å². The van der Waals surface area contributed by atoms with Crippen molar-refractivity contribution < 1.29 is 0 Å². The van der Waals surface area contributed by atoms with Crippen LogP contribution in [0.3, 0.4) is 0 Å². The van der Waals surface area contributed by atoms with E-state index in [9.17, 15) is 0 Å². The molecular formula is C19H21N5. The minimum atomic E-state index is 0.476. The summed E-state index contributed by atoms with van der Waals surface area (Å²) in [6, 6.07) is 12.3. The lowest BCUT2D eigenvalue weighted by Crippen LogP contribution is -2.05. The van der Waals surface area contributed by atoms with Gasteiger partial charge in [0.25, 0.3) is 0 Å². The number of hydrogen-bond acceptors (Lipinski definition) is 5. The predicted octanol–water partition coefficient (Wildman–Crippen LogP) is 4.59. The molecule has 0 saturated carbocycles. The van der Waals surface area contributed by atoms with Gasteiger partial charge in [0.15, 0.2) is 5.82 Å². The van der Waals surface area contributed by atoms with E-state index in [4.69, 9.17) is 0 Å². The van der Waals surface area contributed by atoms with Crippen LogP contribution in [0.4, 0.5) is 23.1 Å². The molecule has 5 heteroatoms. The maximum Gasteiger partial charge on any atom is 0.249 e. The zero-order valence-corrected chi connectivity index (χ0v) is 14.4. The van der Waals surface area contributed by atoms with E-state index in [1.807, 2.05) is 12.1 Å². The van der Waals surface area contributed by atoms with E-state index >= 15 is 0 Å². The lowest BCUT2D eigenvalue weighted by Gasteiger charge is -2.13. The number of benzene rings is 2. The fourth-order valence-corrected chi connectivity index (χ4v) is 2.68. The van der Waals surface area contributed by atoms with Crippen molar-refractivity contribution in [1.29, 1.82) is 0 Å². The fourth-order valence-electron chi connectivity index (χ4n) is 2.68. The van der Waals surface area contributed by atoms with Gasteiger partial charge >= 0.3 is 0 Å². The van der Waals surface area contributed by atoms with Crippen LogP contribution in [0.15, 0.2) is 42.6 Å². The quantitative estimate of drug-likeness (QED) is 0.736. The van der Waals surface area contributed by atoms with E-state index in [1.54, 1.807) is 6.20 Å². The van der Waals surface area contributed by atoms with Crippen molar-refractivity contribution in [2.24, 2.45) is 0 Å². The molecule has 0 aliphatic carbocycles. The van der Waals surface area contributed by atoms with Crippen molar-refractivity contribution in [3.63, 3.8) is 0 Å². The summed E-state index contributed by atoms with van der Waals surface area (Å²) in [6.07, 6.45) is 1.63. The third kappa shape index (κ3) is 3.35. The molecule has 0 fully saturated rings. The van der Waals surface area contributed by atoms with Crippen molar-refractivity contribution in [2.75, 3.05) is 10.6 Å². The molecule has 0 amide bonds. The number of para-hydroxylation sites is 2. The summed E-state index contributed by atoms with van der Waals surface area (Å²) in [5.74, 6) is 1.14. The Morgan fingerprint density at radius 2 is 1.21 bits per heavy atom. The van der Waals surface area contributed by atoms with E-state index in [0.29, 0.717) is 11.8 Å². The van der Waals surface area contributed by atoms with Crippen LogP contribution in [0.2, 0.25) is 0 Å². The first-order valence-electron chi connectivity index (χ1n) is 7.91. The first-order chi connectivity index (χ1) is 11.5. The van der Waals surface area contributed by atoms with Gasteiger partial charge < -0.3 is 10.6 Å². The molecule has 1 aromatic heterocycles. The normalized spacial score (nSPS) is 10.5. The summed E-state index contributed by atoms with van der Waals surface area (Å²) in [4.78, 5) is 4.53. The lowest BCUT2D eigenvalue weighted by atomic mass is 10.1. The van der Waals surface area contributed by atoms with E-state index in [-0.39, 0.29) is 0 Å². The molecule has 24 heavy (non-hydrogen) atoms. The highest BCUT2D eigenvalue weighted by molar-refractivity contribution is 5.66. The molecule has 0 atom stereocenters. The summed E-state index contributed by atoms with van der Waals surface area (Å²) in [5, 5.41) is 14.8. The lowest BCUT2D eigenvalue weighted by molar-refractivity contribution is 0.980. The van der Waals surface area contributed by atoms with Crippen molar-refractivity contribution in [1.82, 2.24) is 15.2 Å². The minimum absolute atomic E-state index is 0.476. The summed E-state index contributed by atoms with van der Waals surface area (Å²) >= 11 is 0. The number of aryl methyl sites for hydroxylation is 4. The van der Waals surface area contributed by atoms with Gasteiger partial charge in [0.05, 0.1) is 6.20 Å². The Balaban J connectivity index is 1.87.